The number of hydrogen-bond donors (Lipinski definition) is 3. The number of hydrogen-bond acceptors (Lipinski definition) is 4. The van der Waals surface area contributed by atoms with E-state index in [1.54, 1.807) is 6.07 Å². The van der Waals surface area contributed by atoms with E-state index in [9.17, 15) is 28.2 Å². The summed E-state index contributed by atoms with van der Waals surface area (Å²) in [5.74, 6) is -0.351. The van der Waals surface area contributed by atoms with Crippen LogP contribution < -0.4 is 5.32 Å². The van der Waals surface area contributed by atoms with E-state index in [1.165, 1.54) is 6.92 Å². The van der Waals surface area contributed by atoms with Gasteiger partial charge in [-0.25, -0.2) is 0 Å². The molecule has 3 N–H and O–H groups in total. The second-order valence-corrected chi connectivity index (χ2v) is 4.70. The van der Waals surface area contributed by atoms with Crippen molar-refractivity contribution in [1.29, 1.82) is 5.26 Å². The summed E-state index contributed by atoms with van der Waals surface area (Å²) in [6, 6.07) is 4.31. The molecule has 0 aliphatic heterocycles. The van der Waals surface area contributed by atoms with E-state index >= 15 is 0 Å². The molecule has 22 heavy (non-hydrogen) atoms. The molecule has 8 heteroatoms. The number of amides is 1. The van der Waals surface area contributed by atoms with Crippen molar-refractivity contribution in [2.75, 3.05) is 6.54 Å². The van der Waals surface area contributed by atoms with E-state index in [4.69, 9.17) is 5.26 Å². The monoisotopic (exact) mass is 316 g/mol. The quantitative estimate of drug-likeness (QED) is 0.767. The Hall–Kier alpha value is -2.11. The number of nitrogens with one attached hydrogen (secondary N) is 1. The summed E-state index contributed by atoms with van der Waals surface area (Å²) in [6.45, 7) is 1.27. The van der Waals surface area contributed by atoms with E-state index in [0.29, 0.717) is 6.07 Å². The number of aliphatic hydroxyl groups excluding tert-OH is 2. The highest BCUT2D eigenvalue weighted by Crippen LogP contribution is 2.36. The van der Waals surface area contributed by atoms with Crippen LogP contribution in [0.25, 0.3) is 0 Å². The lowest BCUT2D eigenvalue weighted by molar-refractivity contribution is -0.140. The van der Waals surface area contributed by atoms with E-state index < -0.39 is 29.5 Å². The maximum atomic E-state index is 13.0. The van der Waals surface area contributed by atoms with Gasteiger partial charge in [-0.05, 0) is 24.1 Å². The Bertz CT molecular complexity index is 582. The van der Waals surface area contributed by atoms with Crippen LogP contribution in [0.4, 0.5) is 13.2 Å². The molecule has 0 aromatic heterocycles. The molecule has 0 saturated carbocycles. The Morgan fingerprint density at radius 1 is 1.41 bits per heavy atom. The third kappa shape index (κ3) is 4.72. The smallest absolute Gasteiger partial charge is 0.390 e. The van der Waals surface area contributed by atoms with Gasteiger partial charge in [-0.3, -0.25) is 4.79 Å². The Morgan fingerprint density at radius 2 is 2.05 bits per heavy atom. The molecule has 0 aliphatic carbocycles. The Kier molecular flexibility index (Phi) is 5.91. The number of nitriles is 1. The van der Waals surface area contributed by atoms with Gasteiger partial charge in [-0.2, -0.15) is 18.4 Å². The standard InChI is InChI=1S/C14H15F3N2O3/c1-8(20)19-5-4-12(21)13(22)10-3-2-9(7-18)6-11(10)14(15,16)17/h2-3,6,12-13,21-22H,4-5H2,1H3,(H,19,20). The van der Waals surface area contributed by atoms with Gasteiger partial charge in [0.25, 0.3) is 0 Å². The number of nitrogens with zero attached hydrogens (tertiary/aromatic N) is 1. The number of benzene rings is 1. The van der Waals surface area contributed by atoms with Crippen LogP contribution in [0.1, 0.15) is 36.1 Å². The van der Waals surface area contributed by atoms with Gasteiger partial charge in [-0.1, -0.05) is 6.07 Å². The third-order valence-corrected chi connectivity index (χ3v) is 2.98. The molecule has 0 aliphatic rings. The second kappa shape index (κ2) is 7.24. The van der Waals surface area contributed by atoms with Gasteiger partial charge in [0.1, 0.15) is 6.10 Å². The minimum atomic E-state index is -4.76. The minimum Gasteiger partial charge on any atom is -0.390 e. The number of carbonyl (C=O) groups is 1. The highest BCUT2D eigenvalue weighted by Gasteiger charge is 2.36. The lowest BCUT2D eigenvalue weighted by atomic mass is 9.95. The maximum Gasteiger partial charge on any atom is 0.416 e. The highest BCUT2D eigenvalue weighted by atomic mass is 19.4. The normalized spacial score (nSPS) is 14.0. The molecule has 120 valence electrons. The Morgan fingerprint density at radius 3 is 2.55 bits per heavy atom. The molecule has 0 fully saturated rings. The molecule has 5 nitrogen and oxygen atoms in total. The summed E-state index contributed by atoms with van der Waals surface area (Å²) >= 11 is 0. The van der Waals surface area contributed by atoms with E-state index in [-0.39, 0.29) is 24.4 Å². The largest absolute Gasteiger partial charge is 0.416 e. The van der Waals surface area contributed by atoms with E-state index in [2.05, 4.69) is 5.32 Å². The van der Waals surface area contributed by atoms with Crippen molar-refractivity contribution in [2.45, 2.75) is 31.7 Å². The third-order valence-electron chi connectivity index (χ3n) is 2.98. The number of carbonyl (C=O) groups excluding carboxylic acids is 1. The molecular weight excluding hydrogens is 301 g/mol. The molecule has 2 atom stereocenters. The predicted molar refractivity (Wildman–Crippen MR) is 70.4 cm³/mol. The molecule has 0 heterocycles. The van der Waals surface area contributed by atoms with Gasteiger partial charge in [0.15, 0.2) is 0 Å². The van der Waals surface area contributed by atoms with Crippen LogP contribution in [-0.2, 0) is 11.0 Å². The molecule has 1 rings (SSSR count). The predicted octanol–water partition coefficient (Wildman–Crippen LogP) is 1.50. The van der Waals surface area contributed by atoms with Gasteiger partial charge < -0.3 is 15.5 Å². The first-order valence-electron chi connectivity index (χ1n) is 6.38. The molecule has 0 radical (unpaired) electrons. The van der Waals surface area contributed by atoms with Crippen LogP contribution in [0.2, 0.25) is 0 Å². The fourth-order valence-corrected chi connectivity index (χ4v) is 1.89. The topological polar surface area (TPSA) is 93.3 Å². The van der Waals surface area contributed by atoms with Gasteiger partial charge in [-0.15, -0.1) is 0 Å². The van der Waals surface area contributed by atoms with Crippen molar-refractivity contribution in [3.63, 3.8) is 0 Å². The highest BCUT2D eigenvalue weighted by molar-refractivity contribution is 5.72. The van der Waals surface area contributed by atoms with Gasteiger partial charge in [0.2, 0.25) is 5.91 Å². The molecule has 2 unspecified atom stereocenters. The summed E-state index contributed by atoms with van der Waals surface area (Å²) in [7, 11) is 0. The fourth-order valence-electron chi connectivity index (χ4n) is 1.89. The lowest BCUT2D eigenvalue weighted by Crippen LogP contribution is -2.28. The molecule has 1 aromatic rings. The summed E-state index contributed by atoms with van der Waals surface area (Å²) in [5.41, 5.74) is -1.88. The zero-order chi connectivity index (χ0) is 16.9. The van der Waals surface area contributed by atoms with Crippen molar-refractivity contribution < 1.29 is 28.2 Å². The van der Waals surface area contributed by atoms with Crippen LogP contribution in [0, 0.1) is 11.3 Å². The fraction of sp³-hybridized carbons (Fsp3) is 0.429. The van der Waals surface area contributed by atoms with Crippen molar-refractivity contribution in [1.82, 2.24) is 5.32 Å². The molecule has 1 amide bonds. The Balaban J connectivity index is 2.99. The summed E-state index contributed by atoms with van der Waals surface area (Å²) in [6.07, 6.45) is -8.14. The average molecular weight is 316 g/mol. The number of aliphatic hydroxyl groups is 2. The first-order valence-corrected chi connectivity index (χ1v) is 6.38. The molecular formula is C14H15F3N2O3. The first-order chi connectivity index (χ1) is 10.2. The van der Waals surface area contributed by atoms with Crippen LogP contribution in [0.15, 0.2) is 18.2 Å². The van der Waals surface area contributed by atoms with Gasteiger partial charge in [0, 0.05) is 13.5 Å². The van der Waals surface area contributed by atoms with E-state index in [0.717, 1.165) is 12.1 Å². The van der Waals surface area contributed by atoms with Crippen molar-refractivity contribution >= 4 is 5.91 Å². The van der Waals surface area contributed by atoms with E-state index in [1.807, 2.05) is 0 Å². The average Bonchev–Trinajstić information content (AvgIpc) is 2.44. The number of alkyl halides is 3. The summed E-state index contributed by atoms with van der Waals surface area (Å²) in [5, 5.41) is 30.7. The maximum absolute atomic E-state index is 13.0. The van der Waals surface area contributed by atoms with Crippen LogP contribution in [0.3, 0.4) is 0 Å². The van der Waals surface area contributed by atoms with Crippen LogP contribution in [0.5, 0.6) is 0 Å². The number of rotatable bonds is 5. The van der Waals surface area contributed by atoms with Crippen molar-refractivity contribution in [2.24, 2.45) is 0 Å². The van der Waals surface area contributed by atoms with Gasteiger partial charge >= 0.3 is 6.18 Å². The van der Waals surface area contributed by atoms with Crippen LogP contribution in [-0.4, -0.2) is 28.8 Å². The second-order valence-electron chi connectivity index (χ2n) is 4.70. The molecule has 0 saturated heterocycles. The first kappa shape index (κ1) is 17.9. The van der Waals surface area contributed by atoms with Crippen molar-refractivity contribution in [3.8, 4) is 6.07 Å². The summed E-state index contributed by atoms with van der Waals surface area (Å²) in [4.78, 5) is 10.7. The zero-order valence-corrected chi connectivity index (χ0v) is 11.7. The molecule has 0 bridgehead atoms. The summed E-state index contributed by atoms with van der Waals surface area (Å²) < 4.78 is 39.0. The molecule has 0 spiro atoms. The number of halogens is 3. The SMILES string of the molecule is CC(=O)NCCC(O)C(O)c1ccc(C#N)cc1C(F)(F)F. The zero-order valence-electron chi connectivity index (χ0n) is 11.7. The van der Waals surface area contributed by atoms with Crippen LogP contribution >= 0.6 is 0 Å². The van der Waals surface area contributed by atoms with Gasteiger partial charge in [0.05, 0.1) is 23.3 Å². The molecule has 1 aromatic carbocycles. The lowest BCUT2D eigenvalue weighted by Gasteiger charge is -2.22. The van der Waals surface area contributed by atoms with Crippen molar-refractivity contribution in [3.05, 3.63) is 34.9 Å². The Labute approximate surface area is 125 Å². The minimum absolute atomic E-state index is 0.0190.